The van der Waals surface area contributed by atoms with Crippen LogP contribution in [0.5, 0.6) is 0 Å². The standard InChI is InChI=1S/C15H20N2O4/c1-10-5-6-11(14(19)20)9-13(10)16-15(21)17(7-8-18)12-3-2-4-12/h5-6,9,12,18H,2-4,7-8H2,1H3,(H,16,21)(H,19,20). The van der Waals surface area contributed by atoms with E-state index in [1.807, 2.05) is 0 Å². The van der Waals surface area contributed by atoms with Gasteiger partial charge in [0.2, 0.25) is 0 Å². The zero-order valence-electron chi connectivity index (χ0n) is 12.0. The Labute approximate surface area is 123 Å². The summed E-state index contributed by atoms with van der Waals surface area (Å²) in [7, 11) is 0. The number of carbonyl (C=O) groups excluding carboxylic acids is 1. The average molecular weight is 292 g/mol. The summed E-state index contributed by atoms with van der Waals surface area (Å²) in [4.78, 5) is 24.9. The second kappa shape index (κ2) is 6.58. The van der Waals surface area contributed by atoms with Gasteiger partial charge in [-0.25, -0.2) is 9.59 Å². The quantitative estimate of drug-likeness (QED) is 0.775. The van der Waals surface area contributed by atoms with E-state index in [-0.39, 0.29) is 30.8 Å². The first kappa shape index (κ1) is 15.3. The molecule has 2 rings (SSSR count). The Morgan fingerprint density at radius 1 is 1.38 bits per heavy atom. The highest BCUT2D eigenvalue weighted by Gasteiger charge is 2.28. The lowest BCUT2D eigenvalue weighted by molar-refractivity contribution is 0.0697. The van der Waals surface area contributed by atoms with Crippen molar-refractivity contribution in [3.63, 3.8) is 0 Å². The Kier molecular flexibility index (Phi) is 4.80. The number of aliphatic hydroxyl groups excluding tert-OH is 1. The fourth-order valence-corrected chi connectivity index (χ4v) is 2.33. The maximum atomic E-state index is 12.3. The molecule has 1 fully saturated rings. The van der Waals surface area contributed by atoms with Gasteiger partial charge in [0, 0.05) is 18.3 Å². The van der Waals surface area contributed by atoms with Crippen LogP contribution in [0.25, 0.3) is 0 Å². The number of anilines is 1. The van der Waals surface area contributed by atoms with Crippen LogP contribution in [-0.2, 0) is 0 Å². The molecule has 1 aliphatic rings. The van der Waals surface area contributed by atoms with Gasteiger partial charge in [-0.1, -0.05) is 6.07 Å². The SMILES string of the molecule is Cc1ccc(C(=O)O)cc1NC(=O)N(CCO)C1CCC1. The summed E-state index contributed by atoms with van der Waals surface area (Å²) in [6, 6.07) is 4.50. The molecule has 0 saturated heterocycles. The number of nitrogens with one attached hydrogen (secondary N) is 1. The van der Waals surface area contributed by atoms with Gasteiger partial charge in [0.25, 0.3) is 0 Å². The van der Waals surface area contributed by atoms with Crippen molar-refractivity contribution >= 4 is 17.7 Å². The fraction of sp³-hybridized carbons (Fsp3) is 0.467. The Hall–Kier alpha value is -2.08. The molecule has 6 nitrogen and oxygen atoms in total. The highest BCUT2D eigenvalue weighted by atomic mass is 16.4. The molecule has 2 amide bonds. The normalized spacial score (nSPS) is 14.4. The number of carboxylic acid groups (broad SMARTS) is 1. The van der Waals surface area contributed by atoms with Crippen molar-refractivity contribution in [3.8, 4) is 0 Å². The van der Waals surface area contributed by atoms with Gasteiger partial charge < -0.3 is 20.4 Å². The van der Waals surface area contributed by atoms with Crippen molar-refractivity contribution in [2.75, 3.05) is 18.5 Å². The molecule has 3 N–H and O–H groups in total. The van der Waals surface area contributed by atoms with Gasteiger partial charge in [-0.15, -0.1) is 0 Å². The predicted octanol–water partition coefficient (Wildman–Crippen LogP) is 2.07. The average Bonchev–Trinajstić information content (AvgIpc) is 2.38. The molecule has 1 aliphatic carbocycles. The maximum absolute atomic E-state index is 12.3. The smallest absolute Gasteiger partial charge is 0.335 e. The Morgan fingerprint density at radius 2 is 2.10 bits per heavy atom. The number of amides is 2. The summed E-state index contributed by atoms with van der Waals surface area (Å²) in [5.41, 5.74) is 1.42. The molecule has 0 heterocycles. The summed E-state index contributed by atoms with van der Waals surface area (Å²) in [5.74, 6) is -1.03. The maximum Gasteiger partial charge on any atom is 0.335 e. The number of aromatic carboxylic acids is 1. The third-order valence-corrected chi connectivity index (χ3v) is 3.84. The number of aryl methyl sites for hydroxylation is 1. The van der Waals surface area contributed by atoms with Crippen LogP contribution in [0.2, 0.25) is 0 Å². The number of carboxylic acids is 1. The molecule has 0 radical (unpaired) electrons. The Balaban J connectivity index is 2.13. The van der Waals surface area contributed by atoms with E-state index in [1.54, 1.807) is 17.9 Å². The summed E-state index contributed by atoms with van der Waals surface area (Å²) in [6.07, 6.45) is 2.98. The molecule has 0 spiro atoms. The fourth-order valence-electron chi connectivity index (χ4n) is 2.33. The van der Waals surface area contributed by atoms with Crippen LogP contribution in [0.3, 0.4) is 0 Å². The molecule has 1 aromatic rings. The highest BCUT2D eigenvalue weighted by molar-refractivity contribution is 5.94. The van der Waals surface area contributed by atoms with E-state index in [0.717, 1.165) is 24.8 Å². The molecular formula is C15H20N2O4. The van der Waals surface area contributed by atoms with Gasteiger partial charge >= 0.3 is 12.0 Å². The van der Waals surface area contributed by atoms with Crippen LogP contribution in [0.4, 0.5) is 10.5 Å². The van der Waals surface area contributed by atoms with Crippen molar-refractivity contribution < 1.29 is 19.8 Å². The van der Waals surface area contributed by atoms with E-state index in [2.05, 4.69) is 5.32 Å². The molecule has 1 aromatic carbocycles. The molecule has 114 valence electrons. The summed E-state index contributed by atoms with van der Waals surface area (Å²) < 4.78 is 0. The van der Waals surface area contributed by atoms with E-state index in [4.69, 9.17) is 10.2 Å². The van der Waals surface area contributed by atoms with Crippen molar-refractivity contribution in [1.29, 1.82) is 0 Å². The lowest BCUT2D eigenvalue weighted by atomic mass is 9.91. The van der Waals surface area contributed by atoms with Crippen molar-refractivity contribution in [2.45, 2.75) is 32.2 Å². The van der Waals surface area contributed by atoms with Gasteiger partial charge in [0.05, 0.1) is 12.2 Å². The number of hydrogen-bond acceptors (Lipinski definition) is 3. The molecular weight excluding hydrogens is 272 g/mol. The largest absolute Gasteiger partial charge is 0.478 e. The molecule has 0 aliphatic heterocycles. The molecule has 21 heavy (non-hydrogen) atoms. The van der Waals surface area contributed by atoms with Crippen LogP contribution in [0, 0.1) is 6.92 Å². The van der Waals surface area contributed by atoms with Crippen LogP contribution in [-0.4, -0.2) is 46.3 Å². The van der Waals surface area contributed by atoms with E-state index in [0.29, 0.717) is 5.69 Å². The van der Waals surface area contributed by atoms with Gasteiger partial charge in [-0.05, 0) is 43.9 Å². The van der Waals surface area contributed by atoms with Gasteiger partial charge in [-0.3, -0.25) is 0 Å². The van der Waals surface area contributed by atoms with Gasteiger partial charge in [0.15, 0.2) is 0 Å². The van der Waals surface area contributed by atoms with E-state index in [9.17, 15) is 9.59 Å². The lowest BCUT2D eigenvalue weighted by Crippen LogP contribution is -2.47. The predicted molar refractivity (Wildman–Crippen MR) is 78.6 cm³/mol. The first-order valence-corrected chi connectivity index (χ1v) is 7.05. The van der Waals surface area contributed by atoms with Crippen LogP contribution < -0.4 is 5.32 Å². The zero-order chi connectivity index (χ0) is 15.4. The first-order chi connectivity index (χ1) is 10.0. The number of rotatable bonds is 5. The Bertz CT molecular complexity index is 540. The number of aliphatic hydroxyl groups is 1. The minimum Gasteiger partial charge on any atom is -0.478 e. The van der Waals surface area contributed by atoms with E-state index in [1.165, 1.54) is 12.1 Å². The zero-order valence-corrected chi connectivity index (χ0v) is 12.0. The summed E-state index contributed by atoms with van der Waals surface area (Å²) in [5, 5.41) is 20.9. The number of carbonyl (C=O) groups is 2. The minimum atomic E-state index is -1.03. The molecule has 6 heteroatoms. The first-order valence-electron chi connectivity index (χ1n) is 7.05. The number of urea groups is 1. The van der Waals surface area contributed by atoms with Crippen LogP contribution >= 0.6 is 0 Å². The van der Waals surface area contributed by atoms with Gasteiger partial charge in [-0.2, -0.15) is 0 Å². The number of nitrogens with zero attached hydrogens (tertiary/aromatic N) is 1. The second-order valence-electron chi connectivity index (χ2n) is 5.27. The highest BCUT2D eigenvalue weighted by Crippen LogP contribution is 2.26. The summed E-state index contributed by atoms with van der Waals surface area (Å²) >= 11 is 0. The van der Waals surface area contributed by atoms with Crippen molar-refractivity contribution in [1.82, 2.24) is 4.90 Å². The van der Waals surface area contributed by atoms with Crippen LogP contribution in [0.15, 0.2) is 18.2 Å². The third kappa shape index (κ3) is 3.52. The molecule has 0 bridgehead atoms. The number of benzene rings is 1. The van der Waals surface area contributed by atoms with Crippen LogP contribution in [0.1, 0.15) is 35.2 Å². The third-order valence-electron chi connectivity index (χ3n) is 3.84. The van der Waals surface area contributed by atoms with E-state index < -0.39 is 5.97 Å². The van der Waals surface area contributed by atoms with Crippen molar-refractivity contribution in [3.05, 3.63) is 29.3 Å². The topological polar surface area (TPSA) is 89.9 Å². The molecule has 0 aromatic heterocycles. The Morgan fingerprint density at radius 3 is 2.62 bits per heavy atom. The van der Waals surface area contributed by atoms with Crippen molar-refractivity contribution in [2.24, 2.45) is 0 Å². The van der Waals surface area contributed by atoms with E-state index >= 15 is 0 Å². The minimum absolute atomic E-state index is 0.0853. The monoisotopic (exact) mass is 292 g/mol. The number of hydrogen-bond donors (Lipinski definition) is 3. The molecule has 0 unspecified atom stereocenters. The summed E-state index contributed by atoms with van der Waals surface area (Å²) in [6.45, 7) is 2.01. The lowest BCUT2D eigenvalue weighted by Gasteiger charge is -2.37. The molecule has 1 saturated carbocycles. The second-order valence-corrected chi connectivity index (χ2v) is 5.27. The molecule has 0 atom stereocenters. The van der Waals surface area contributed by atoms with Gasteiger partial charge in [0.1, 0.15) is 0 Å².